The van der Waals surface area contributed by atoms with E-state index >= 15 is 0 Å². The zero-order valence-corrected chi connectivity index (χ0v) is 18.6. The lowest BCUT2D eigenvalue weighted by Crippen LogP contribution is -2.49. The SMILES string of the molecule is COc1ccc(S(=O)(=O)N2CCN(c3cc(N4CCCCC4)ncn3)CC2)cc1Cl. The van der Waals surface area contributed by atoms with Gasteiger partial charge in [-0.25, -0.2) is 18.4 Å². The van der Waals surface area contributed by atoms with Crippen molar-refractivity contribution in [1.29, 1.82) is 0 Å². The molecule has 0 amide bonds. The van der Waals surface area contributed by atoms with Crippen molar-refractivity contribution in [3.05, 3.63) is 35.6 Å². The number of methoxy groups -OCH3 is 1. The number of hydrogen-bond donors (Lipinski definition) is 0. The second-order valence-corrected chi connectivity index (χ2v) is 9.81. The van der Waals surface area contributed by atoms with Crippen molar-refractivity contribution < 1.29 is 13.2 Å². The molecule has 1 aromatic carbocycles. The first-order valence-electron chi connectivity index (χ1n) is 10.1. The normalized spacial score (nSPS) is 18.5. The van der Waals surface area contributed by atoms with E-state index in [-0.39, 0.29) is 9.92 Å². The van der Waals surface area contributed by atoms with Crippen molar-refractivity contribution in [2.45, 2.75) is 24.2 Å². The Morgan fingerprint density at radius 1 is 0.900 bits per heavy atom. The van der Waals surface area contributed by atoms with E-state index in [9.17, 15) is 8.42 Å². The Bertz CT molecular complexity index is 990. The molecule has 2 saturated heterocycles. The second-order valence-electron chi connectivity index (χ2n) is 7.47. The van der Waals surface area contributed by atoms with Crippen LogP contribution in [0.3, 0.4) is 0 Å². The highest BCUT2D eigenvalue weighted by molar-refractivity contribution is 7.89. The van der Waals surface area contributed by atoms with Gasteiger partial charge in [-0.2, -0.15) is 4.31 Å². The number of nitrogens with zero attached hydrogens (tertiary/aromatic N) is 5. The smallest absolute Gasteiger partial charge is 0.243 e. The van der Waals surface area contributed by atoms with Crippen LogP contribution in [0.5, 0.6) is 5.75 Å². The third-order valence-corrected chi connectivity index (χ3v) is 7.83. The van der Waals surface area contributed by atoms with E-state index in [0.717, 1.165) is 24.7 Å². The standard InChI is InChI=1S/C20H26ClN5O3S/c1-29-18-6-5-16(13-17(18)21)30(27,28)26-11-9-25(10-12-26)20-14-19(22-15-23-20)24-7-3-2-4-8-24/h5-6,13-15H,2-4,7-12H2,1H3. The molecule has 0 N–H and O–H groups in total. The van der Waals surface area contributed by atoms with Crippen LogP contribution >= 0.6 is 11.6 Å². The minimum Gasteiger partial charge on any atom is -0.495 e. The van der Waals surface area contributed by atoms with Crippen molar-refractivity contribution in [3.8, 4) is 5.75 Å². The molecule has 3 heterocycles. The summed E-state index contributed by atoms with van der Waals surface area (Å²) in [5.74, 6) is 2.24. The van der Waals surface area contributed by atoms with Gasteiger partial charge in [-0.15, -0.1) is 0 Å². The van der Waals surface area contributed by atoms with Crippen molar-refractivity contribution >= 4 is 33.3 Å². The molecule has 8 nitrogen and oxygen atoms in total. The Labute approximate surface area is 182 Å². The summed E-state index contributed by atoms with van der Waals surface area (Å²) < 4.78 is 32.6. The molecule has 0 bridgehead atoms. The summed E-state index contributed by atoms with van der Waals surface area (Å²) in [4.78, 5) is 13.4. The molecule has 0 spiro atoms. The van der Waals surface area contributed by atoms with Crippen LogP contribution in [0.1, 0.15) is 19.3 Å². The molecule has 2 aromatic rings. The van der Waals surface area contributed by atoms with Crippen LogP contribution in [0.4, 0.5) is 11.6 Å². The average Bonchev–Trinajstić information content (AvgIpc) is 2.80. The lowest BCUT2D eigenvalue weighted by molar-refractivity contribution is 0.383. The molecule has 0 aliphatic carbocycles. The number of sulfonamides is 1. The topological polar surface area (TPSA) is 78.9 Å². The molecule has 0 atom stereocenters. The summed E-state index contributed by atoms with van der Waals surface area (Å²) in [7, 11) is -2.12. The summed E-state index contributed by atoms with van der Waals surface area (Å²) in [5, 5.41) is 0.281. The molecule has 10 heteroatoms. The summed E-state index contributed by atoms with van der Waals surface area (Å²) in [6, 6.07) is 6.56. The van der Waals surface area contributed by atoms with E-state index in [1.54, 1.807) is 12.4 Å². The van der Waals surface area contributed by atoms with Gasteiger partial charge in [-0.1, -0.05) is 11.6 Å². The molecule has 162 valence electrons. The second kappa shape index (κ2) is 8.95. The third-order valence-electron chi connectivity index (χ3n) is 5.64. The Hall–Kier alpha value is -2.10. The number of hydrogen-bond acceptors (Lipinski definition) is 7. The van der Waals surface area contributed by atoms with Crippen molar-refractivity contribution in [1.82, 2.24) is 14.3 Å². The van der Waals surface area contributed by atoms with Crippen molar-refractivity contribution in [2.24, 2.45) is 0 Å². The van der Waals surface area contributed by atoms with E-state index in [1.807, 2.05) is 6.07 Å². The van der Waals surface area contributed by atoms with Crippen molar-refractivity contribution in [2.75, 3.05) is 56.2 Å². The maximum atomic E-state index is 13.0. The zero-order chi connectivity index (χ0) is 21.1. The highest BCUT2D eigenvalue weighted by atomic mass is 35.5. The molecule has 1 aromatic heterocycles. The van der Waals surface area contributed by atoms with Gasteiger partial charge in [0.1, 0.15) is 23.7 Å². The van der Waals surface area contributed by atoms with Gasteiger partial charge in [0.2, 0.25) is 10.0 Å². The first-order chi connectivity index (χ1) is 14.5. The molecule has 0 radical (unpaired) electrons. The molecule has 0 unspecified atom stereocenters. The number of aromatic nitrogens is 2. The average molecular weight is 452 g/mol. The minimum absolute atomic E-state index is 0.177. The Morgan fingerprint density at radius 2 is 1.53 bits per heavy atom. The lowest BCUT2D eigenvalue weighted by Gasteiger charge is -2.35. The summed E-state index contributed by atoms with van der Waals surface area (Å²) in [5.41, 5.74) is 0. The lowest BCUT2D eigenvalue weighted by atomic mass is 10.1. The maximum absolute atomic E-state index is 13.0. The molecular formula is C20H26ClN5O3S. The van der Waals surface area contributed by atoms with E-state index in [4.69, 9.17) is 16.3 Å². The third kappa shape index (κ3) is 4.33. The molecule has 2 aliphatic heterocycles. The van der Waals surface area contributed by atoms with Crippen LogP contribution in [0.15, 0.2) is 35.5 Å². The molecular weight excluding hydrogens is 426 g/mol. The zero-order valence-electron chi connectivity index (χ0n) is 17.0. The predicted molar refractivity (Wildman–Crippen MR) is 117 cm³/mol. The van der Waals surface area contributed by atoms with Gasteiger partial charge in [-0.3, -0.25) is 0 Å². The van der Waals surface area contributed by atoms with Crippen LogP contribution in [0.25, 0.3) is 0 Å². The maximum Gasteiger partial charge on any atom is 0.243 e. The van der Waals surface area contributed by atoms with Crippen molar-refractivity contribution in [3.63, 3.8) is 0 Å². The highest BCUT2D eigenvalue weighted by Crippen LogP contribution is 2.29. The van der Waals surface area contributed by atoms with E-state index in [1.165, 1.54) is 42.8 Å². The monoisotopic (exact) mass is 451 g/mol. The number of rotatable bonds is 5. The number of anilines is 2. The summed E-state index contributed by atoms with van der Waals surface area (Å²) >= 11 is 6.12. The number of ether oxygens (including phenoxy) is 1. The largest absolute Gasteiger partial charge is 0.495 e. The molecule has 2 aliphatic rings. The van der Waals surface area contributed by atoms with Gasteiger partial charge in [0.25, 0.3) is 0 Å². The van der Waals surface area contributed by atoms with E-state index in [2.05, 4.69) is 19.8 Å². The molecule has 0 saturated carbocycles. The Kier molecular flexibility index (Phi) is 6.31. The fourth-order valence-electron chi connectivity index (χ4n) is 3.92. The van der Waals surface area contributed by atoms with E-state index < -0.39 is 10.0 Å². The number of piperazine rings is 1. The van der Waals surface area contributed by atoms with Crippen LogP contribution in [0.2, 0.25) is 5.02 Å². The first-order valence-corrected chi connectivity index (χ1v) is 12.0. The Balaban J connectivity index is 1.44. The van der Waals surface area contributed by atoms with Crippen LogP contribution in [0, 0.1) is 0 Å². The van der Waals surface area contributed by atoms with Gasteiger partial charge >= 0.3 is 0 Å². The van der Waals surface area contributed by atoms with Gasteiger partial charge in [0, 0.05) is 45.3 Å². The van der Waals surface area contributed by atoms with Crippen LogP contribution in [-0.2, 0) is 10.0 Å². The van der Waals surface area contributed by atoms with Gasteiger partial charge in [0.05, 0.1) is 17.0 Å². The Morgan fingerprint density at radius 3 is 2.13 bits per heavy atom. The van der Waals surface area contributed by atoms with Gasteiger partial charge in [0.15, 0.2) is 0 Å². The van der Waals surface area contributed by atoms with Crippen LogP contribution < -0.4 is 14.5 Å². The fourth-order valence-corrected chi connectivity index (χ4v) is 5.69. The number of piperidine rings is 1. The molecule has 4 rings (SSSR count). The molecule has 30 heavy (non-hydrogen) atoms. The van der Waals surface area contributed by atoms with Gasteiger partial charge < -0.3 is 14.5 Å². The predicted octanol–water partition coefficient (Wildman–Crippen LogP) is 2.64. The molecule has 2 fully saturated rings. The number of halogens is 1. The van der Waals surface area contributed by atoms with E-state index in [0.29, 0.717) is 31.9 Å². The first kappa shape index (κ1) is 21.1. The quantitative estimate of drug-likeness (QED) is 0.691. The minimum atomic E-state index is -3.61. The van der Waals surface area contributed by atoms with Crippen LogP contribution in [-0.4, -0.2) is 69.1 Å². The van der Waals surface area contributed by atoms with Gasteiger partial charge in [-0.05, 0) is 37.5 Å². The highest BCUT2D eigenvalue weighted by Gasteiger charge is 2.29. The number of benzene rings is 1. The summed E-state index contributed by atoms with van der Waals surface area (Å²) in [6.07, 6.45) is 5.24. The fraction of sp³-hybridized carbons (Fsp3) is 0.500. The summed E-state index contributed by atoms with van der Waals surface area (Å²) in [6.45, 7) is 3.95.